The van der Waals surface area contributed by atoms with Crippen molar-refractivity contribution in [3.63, 3.8) is 0 Å². The maximum atomic E-state index is 13.8. The van der Waals surface area contributed by atoms with Crippen molar-refractivity contribution in [1.82, 2.24) is 0 Å². The van der Waals surface area contributed by atoms with Crippen molar-refractivity contribution in [3.05, 3.63) is 27.5 Å². The van der Waals surface area contributed by atoms with E-state index >= 15 is 0 Å². The van der Waals surface area contributed by atoms with Crippen LogP contribution in [-0.4, -0.2) is 13.2 Å². The minimum Gasteiger partial charge on any atom is -0.496 e. The molecule has 1 rings (SSSR count). The highest BCUT2D eigenvalue weighted by atomic mass is 79.9. The van der Waals surface area contributed by atoms with Crippen LogP contribution in [0.4, 0.5) is 4.39 Å². The van der Waals surface area contributed by atoms with Gasteiger partial charge < -0.3 is 10.5 Å². The fourth-order valence-electron chi connectivity index (χ4n) is 1.59. The largest absolute Gasteiger partial charge is 0.496 e. The maximum Gasteiger partial charge on any atom is 0.144 e. The molecule has 0 saturated carbocycles. The Morgan fingerprint density at radius 1 is 1.60 bits per heavy atom. The number of hydrogen-bond donors (Lipinski definition) is 1. The first kappa shape index (κ1) is 12.5. The van der Waals surface area contributed by atoms with Crippen molar-refractivity contribution in [1.29, 1.82) is 0 Å². The molecule has 1 unspecified atom stereocenters. The van der Waals surface area contributed by atoms with Crippen LogP contribution in [0, 0.1) is 12.7 Å². The fourth-order valence-corrected chi connectivity index (χ4v) is 2.17. The number of aryl methyl sites for hydroxylation is 1. The molecule has 0 saturated heterocycles. The van der Waals surface area contributed by atoms with E-state index in [-0.39, 0.29) is 11.9 Å². The summed E-state index contributed by atoms with van der Waals surface area (Å²) in [5.74, 6) is 0.308. The Balaban J connectivity index is 3.30. The maximum absolute atomic E-state index is 13.8. The zero-order valence-corrected chi connectivity index (χ0v) is 10.7. The molecule has 0 aliphatic rings. The number of methoxy groups -OCH3 is 1. The Hall–Kier alpha value is -0.610. The Labute approximate surface area is 97.7 Å². The molecule has 1 aromatic rings. The van der Waals surface area contributed by atoms with Gasteiger partial charge in [0.15, 0.2) is 0 Å². The molecule has 0 fully saturated rings. The summed E-state index contributed by atoms with van der Waals surface area (Å²) in [7, 11) is 1.54. The van der Waals surface area contributed by atoms with Crippen LogP contribution >= 0.6 is 15.9 Å². The van der Waals surface area contributed by atoms with Crippen molar-refractivity contribution >= 4 is 15.9 Å². The van der Waals surface area contributed by atoms with Crippen LogP contribution in [0.25, 0.3) is 0 Å². The molecule has 0 aliphatic carbocycles. The van der Waals surface area contributed by atoms with Crippen LogP contribution in [0.5, 0.6) is 5.75 Å². The monoisotopic (exact) mass is 275 g/mol. The van der Waals surface area contributed by atoms with E-state index in [0.717, 1.165) is 5.56 Å². The number of benzene rings is 1. The van der Waals surface area contributed by atoms with Gasteiger partial charge in [0.05, 0.1) is 11.6 Å². The Bertz CT molecular complexity index is 366. The Kier molecular flexibility index (Phi) is 4.11. The highest BCUT2D eigenvalue weighted by Crippen LogP contribution is 2.32. The third-order valence-corrected chi connectivity index (χ3v) is 2.76. The van der Waals surface area contributed by atoms with Crippen LogP contribution in [0.2, 0.25) is 0 Å². The molecule has 0 bridgehead atoms. The summed E-state index contributed by atoms with van der Waals surface area (Å²) < 4.78 is 19.5. The van der Waals surface area contributed by atoms with Crippen molar-refractivity contribution in [2.24, 2.45) is 5.73 Å². The molecule has 84 valence electrons. The number of halogens is 2. The molecule has 1 atom stereocenters. The summed E-state index contributed by atoms with van der Waals surface area (Å²) in [5.41, 5.74) is 7.12. The smallest absolute Gasteiger partial charge is 0.144 e. The molecule has 2 N–H and O–H groups in total. The van der Waals surface area contributed by atoms with Crippen LogP contribution in [0.3, 0.4) is 0 Å². The average molecular weight is 276 g/mol. The molecule has 15 heavy (non-hydrogen) atoms. The van der Waals surface area contributed by atoms with E-state index < -0.39 is 0 Å². The number of rotatable bonds is 3. The number of nitrogens with two attached hydrogens (primary N) is 1. The standard InChI is InChI=1S/C11H15BrFNO/c1-6-4-9(12)10(13)8(5-7(2)14)11(6)15-3/h4,7H,5,14H2,1-3H3. The first-order valence-corrected chi connectivity index (χ1v) is 5.53. The zero-order valence-electron chi connectivity index (χ0n) is 9.10. The quantitative estimate of drug-likeness (QED) is 0.921. The summed E-state index contributed by atoms with van der Waals surface area (Å²) in [6.45, 7) is 3.73. The molecule has 0 heterocycles. The first-order valence-electron chi connectivity index (χ1n) is 4.74. The van der Waals surface area contributed by atoms with Crippen LogP contribution in [0.1, 0.15) is 18.1 Å². The van der Waals surface area contributed by atoms with Crippen molar-refractivity contribution < 1.29 is 9.13 Å². The van der Waals surface area contributed by atoms with E-state index in [2.05, 4.69) is 15.9 Å². The predicted octanol–water partition coefficient (Wildman–Crippen LogP) is 2.79. The van der Waals surface area contributed by atoms with E-state index in [1.807, 2.05) is 13.8 Å². The molecule has 0 amide bonds. The summed E-state index contributed by atoms with van der Waals surface area (Å²) >= 11 is 3.18. The third kappa shape index (κ3) is 2.69. The van der Waals surface area contributed by atoms with Gasteiger partial charge >= 0.3 is 0 Å². The van der Waals surface area contributed by atoms with Crippen LogP contribution in [-0.2, 0) is 6.42 Å². The molecule has 4 heteroatoms. The lowest BCUT2D eigenvalue weighted by molar-refractivity contribution is 0.399. The topological polar surface area (TPSA) is 35.2 Å². The van der Waals surface area contributed by atoms with E-state index in [1.165, 1.54) is 0 Å². The zero-order chi connectivity index (χ0) is 11.6. The van der Waals surface area contributed by atoms with E-state index in [9.17, 15) is 4.39 Å². The SMILES string of the molecule is COc1c(C)cc(Br)c(F)c1CC(C)N. The first-order chi connectivity index (χ1) is 6.97. The fraction of sp³-hybridized carbons (Fsp3) is 0.455. The second kappa shape index (κ2) is 4.94. The van der Waals surface area contributed by atoms with Gasteiger partial charge in [0, 0.05) is 11.6 Å². The van der Waals surface area contributed by atoms with E-state index in [4.69, 9.17) is 10.5 Å². The summed E-state index contributed by atoms with van der Waals surface area (Å²) in [5, 5.41) is 0. The minimum absolute atomic E-state index is 0.0953. The molecular formula is C11H15BrFNO. The number of hydrogen-bond acceptors (Lipinski definition) is 2. The van der Waals surface area contributed by atoms with Gasteiger partial charge in [0.25, 0.3) is 0 Å². The van der Waals surface area contributed by atoms with E-state index in [1.54, 1.807) is 13.2 Å². The van der Waals surface area contributed by atoms with Gasteiger partial charge in [-0.3, -0.25) is 0 Å². The van der Waals surface area contributed by atoms with Gasteiger partial charge in [-0.2, -0.15) is 0 Å². The van der Waals surface area contributed by atoms with Crippen molar-refractivity contribution in [2.45, 2.75) is 26.3 Å². The molecule has 0 aliphatic heterocycles. The van der Waals surface area contributed by atoms with Gasteiger partial charge in [0.2, 0.25) is 0 Å². The lowest BCUT2D eigenvalue weighted by atomic mass is 10.0. The minimum atomic E-state index is -0.283. The second-order valence-electron chi connectivity index (χ2n) is 3.68. The molecule has 0 radical (unpaired) electrons. The second-order valence-corrected chi connectivity index (χ2v) is 4.54. The molecule has 2 nitrogen and oxygen atoms in total. The summed E-state index contributed by atoms with van der Waals surface area (Å²) in [6, 6.07) is 1.61. The van der Waals surface area contributed by atoms with E-state index in [0.29, 0.717) is 22.2 Å². The third-order valence-electron chi connectivity index (χ3n) is 2.18. The summed E-state index contributed by atoms with van der Waals surface area (Å²) in [4.78, 5) is 0. The van der Waals surface area contributed by atoms with Crippen molar-refractivity contribution in [2.75, 3.05) is 7.11 Å². The lowest BCUT2D eigenvalue weighted by Gasteiger charge is -2.15. The average Bonchev–Trinajstić information content (AvgIpc) is 2.13. The molecular weight excluding hydrogens is 261 g/mol. The molecule has 0 aromatic heterocycles. The Morgan fingerprint density at radius 2 is 2.20 bits per heavy atom. The predicted molar refractivity (Wildman–Crippen MR) is 62.7 cm³/mol. The van der Waals surface area contributed by atoms with Gasteiger partial charge in [0.1, 0.15) is 11.6 Å². The van der Waals surface area contributed by atoms with Gasteiger partial charge in [-0.1, -0.05) is 0 Å². The van der Waals surface area contributed by atoms with Gasteiger partial charge in [-0.05, 0) is 47.8 Å². The van der Waals surface area contributed by atoms with Gasteiger partial charge in [-0.15, -0.1) is 0 Å². The van der Waals surface area contributed by atoms with Crippen LogP contribution in [0.15, 0.2) is 10.5 Å². The molecule has 1 aromatic carbocycles. The normalized spacial score (nSPS) is 12.7. The number of ether oxygens (including phenoxy) is 1. The highest BCUT2D eigenvalue weighted by molar-refractivity contribution is 9.10. The van der Waals surface area contributed by atoms with Crippen LogP contribution < -0.4 is 10.5 Å². The van der Waals surface area contributed by atoms with Crippen molar-refractivity contribution in [3.8, 4) is 5.75 Å². The Morgan fingerprint density at radius 3 is 2.67 bits per heavy atom. The lowest BCUT2D eigenvalue weighted by Crippen LogP contribution is -2.19. The summed E-state index contributed by atoms with van der Waals surface area (Å²) in [6.07, 6.45) is 0.468. The van der Waals surface area contributed by atoms with Gasteiger partial charge in [-0.25, -0.2) is 4.39 Å². The highest BCUT2D eigenvalue weighted by Gasteiger charge is 2.16. The molecule has 0 spiro atoms.